The number of hydrogen-bond acceptors (Lipinski definition) is 0. The Bertz CT molecular complexity index is 495. The Balaban J connectivity index is 2.35. The number of benzene rings is 2. The van der Waals surface area contributed by atoms with E-state index in [1.807, 2.05) is 0 Å². The number of aryl methyl sites for hydroxylation is 1. The van der Waals surface area contributed by atoms with Crippen molar-refractivity contribution in [2.24, 2.45) is 0 Å². The van der Waals surface area contributed by atoms with E-state index in [0.29, 0.717) is 0 Å². The average Bonchev–Trinajstić information content (AvgIpc) is 2.57. The molecular weight excluding hydrogens is 168 g/mol. The van der Waals surface area contributed by atoms with E-state index in [0.717, 1.165) is 0 Å². The summed E-state index contributed by atoms with van der Waals surface area (Å²) in [5.74, 6) is 0. The molecule has 0 spiro atoms. The molecule has 1 aliphatic rings. The van der Waals surface area contributed by atoms with Crippen molar-refractivity contribution in [1.82, 2.24) is 0 Å². The van der Waals surface area contributed by atoms with Crippen molar-refractivity contribution in [2.45, 2.75) is 6.92 Å². The lowest BCUT2D eigenvalue weighted by Crippen LogP contribution is -1.81. The van der Waals surface area contributed by atoms with Crippen LogP contribution >= 0.6 is 0 Å². The fourth-order valence-electron chi connectivity index (χ4n) is 2.08. The molecule has 2 aromatic rings. The highest BCUT2D eigenvalue weighted by Crippen LogP contribution is 2.39. The lowest BCUT2D eigenvalue weighted by molar-refractivity contribution is 1.45. The van der Waals surface area contributed by atoms with Gasteiger partial charge in [0.1, 0.15) is 0 Å². The van der Waals surface area contributed by atoms with Gasteiger partial charge < -0.3 is 0 Å². The van der Waals surface area contributed by atoms with Crippen LogP contribution in [0.4, 0.5) is 0 Å². The first kappa shape index (κ1) is 7.81. The minimum absolute atomic E-state index is 1.22. The fraction of sp³-hybridized carbons (Fsp3) is 0.0714. The van der Waals surface area contributed by atoms with E-state index < -0.39 is 0 Å². The van der Waals surface area contributed by atoms with Gasteiger partial charge in [0.25, 0.3) is 0 Å². The first-order valence-corrected chi connectivity index (χ1v) is 4.82. The van der Waals surface area contributed by atoms with Crippen LogP contribution in [0, 0.1) is 13.3 Å². The van der Waals surface area contributed by atoms with E-state index in [2.05, 4.69) is 55.8 Å². The van der Waals surface area contributed by atoms with Gasteiger partial charge in [-0.3, -0.25) is 0 Å². The molecule has 0 saturated heterocycles. The van der Waals surface area contributed by atoms with Gasteiger partial charge in [0.15, 0.2) is 0 Å². The van der Waals surface area contributed by atoms with Crippen molar-refractivity contribution >= 4 is 0 Å². The molecule has 0 aromatic heterocycles. The van der Waals surface area contributed by atoms with Crippen molar-refractivity contribution in [3.05, 3.63) is 65.6 Å². The molecule has 2 aromatic carbocycles. The van der Waals surface area contributed by atoms with Gasteiger partial charge in [-0.05, 0) is 34.7 Å². The smallest absolute Gasteiger partial charge is 0.0515 e. The van der Waals surface area contributed by atoms with Crippen molar-refractivity contribution in [1.29, 1.82) is 0 Å². The Morgan fingerprint density at radius 2 is 1.64 bits per heavy atom. The predicted octanol–water partition coefficient (Wildman–Crippen LogP) is 3.45. The topological polar surface area (TPSA) is 0 Å². The Labute approximate surface area is 84.2 Å². The SMILES string of the molecule is Cc1cccc2c1-c1ccccc1[C]2. The molecule has 0 N–H and O–H groups in total. The molecular formula is C14H10. The average molecular weight is 178 g/mol. The summed E-state index contributed by atoms with van der Waals surface area (Å²) in [4.78, 5) is 0. The van der Waals surface area contributed by atoms with E-state index in [9.17, 15) is 0 Å². The van der Waals surface area contributed by atoms with Crippen LogP contribution in [0.3, 0.4) is 0 Å². The number of hydrogen-bond donors (Lipinski definition) is 0. The molecule has 3 rings (SSSR count). The molecule has 0 unspecified atom stereocenters. The van der Waals surface area contributed by atoms with E-state index in [1.54, 1.807) is 0 Å². The molecule has 14 heavy (non-hydrogen) atoms. The number of fused-ring (bicyclic) bond motifs is 3. The molecule has 0 heterocycles. The molecule has 0 nitrogen and oxygen atoms in total. The molecule has 2 radical (unpaired) electrons. The van der Waals surface area contributed by atoms with Crippen LogP contribution in [0.25, 0.3) is 11.1 Å². The zero-order valence-corrected chi connectivity index (χ0v) is 8.04. The van der Waals surface area contributed by atoms with Crippen LogP contribution in [-0.4, -0.2) is 0 Å². The number of rotatable bonds is 0. The lowest BCUT2D eigenvalue weighted by Gasteiger charge is -2.03. The van der Waals surface area contributed by atoms with Gasteiger partial charge in [0.2, 0.25) is 0 Å². The summed E-state index contributed by atoms with van der Waals surface area (Å²) in [5, 5.41) is 0. The van der Waals surface area contributed by atoms with E-state index in [4.69, 9.17) is 0 Å². The van der Waals surface area contributed by atoms with Crippen LogP contribution < -0.4 is 0 Å². The minimum atomic E-state index is 1.22. The van der Waals surface area contributed by atoms with Crippen LogP contribution in [0.15, 0.2) is 42.5 Å². The summed E-state index contributed by atoms with van der Waals surface area (Å²) < 4.78 is 0. The van der Waals surface area contributed by atoms with Crippen LogP contribution in [0.1, 0.15) is 16.7 Å². The van der Waals surface area contributed by atoms with Gasteiger partial charge in [-0.25, -0.2) is 0 Å². The predicted molar refractivity (Wildman–Crippen MR) is 58.1 cm³/mol. The standard InChI is InChI=1S/C14H10/c1-10-5-4-7-12-9-11-6-2-3-8-13(11)14(10)12/h2-8H,1H3. The summed E-state index contributed by atoms with van der Waals surface area (Å²) in [5.41, 5.74) is 6.45. The highest BCUT2D eigenvalue weighted by molar-refractivity contribution is 5.83. The Hall–Kier alpha value is -1.56. The molecule has 0 atom stereocenters. The van der Waals surface area contributed by atoms with Crippen molar-refractivity contribution in [2.75, 3.05) is 0 Å². The summed E-state index contributed by atoms with van der Waals surface area (Å²) in [6.07, 6.45) is 3.42. The zero-order chi connectivity index (χ0) is 9.54. The summed E-state index contributed by atoms with van der Waals surface area (Å²) >= 11 is 0. The normalized spacial score (nSPS) is 12.4. The Morgan fingerprint density at radius 1 is 0.857 bits per heavy atom. The van der Waals surface area contributed by atoms with E-state index >= 15 is 0 Å². The maximum absolute atomic E-state index is 3.42. The van der Waals surface area contributed by atoms with Gasteiger partial charge in [-0.1, -0.05) is 42.5 Å². The van der Waals surface area contributed by atoms with Crippen LogP contribution in [0.2, 0.25) is 0 Å². The van der Waals surface area contributed by atoms with Crippen molar-refractivity contribution in [3.8, 4) is 11.1 Å². The highest BCUT2D eigenvalue weighted by atomic mass is 14.2. The fourth-order valence-corrected chi connectivity index (χ4v) is 2.08. The van der Waals surface area contributed by atoms with Gasteiger partial charge in [-0.15, -0.1) is 0 Å². The highest BCUT2D eigenvalue weighted by Gasteiger charge is 2.19. The summed E-state index contributed by atoms with van der Waals surface area (Å²) in [7, 11) is 0. The molecule has 0 heteroatoms. The molecule has 0 aliphatic heterocycles. The molecule has 0 amide bonds. The Morgan fingerprint density at radius 3 is 2.57 bits per heavy atom. The first-order valence-electron chi connectivity index (χ1n) is 4.82. The molecule has 0 bridgehead atoms. The summed E-state index contributed by atoms with van der Waals surface area (Å²) in [6.45, 7) is 2.16. The first-order chi connectivity index (χ1) is 6.86. The summed E-state index contributed by atoms with van der Waals surface area (Å²) in [6, 6.07) is 14.8. The maximum atomic E-state index is 3.42. The van der Waals surface area contributed by atoms with Crippen LogP contribution in [0.5, 0.6) is 0 Å². The second-order valence-electron chi connectivity index (χ2n) is 3.67. The third-order valence-electron chi connectivity index (χ3n) is 2.74. The van der Waals surface area contributed by atoms with Gasteiger partial charge in [-0.2, -0.15) is 0 Å². The van der Waals surface area contributed by atoms with Gasteiger partial charge in [0, 0.05) is 0 Å². The zero-order valence-electron chi connectivity index (χ0n) is 8.04. The maximum Gasteiger partial charge on any atom is 0.0515 e. The van der Waals surface area contributed by atoms with Gasteiger partial charge >= 0.3 is 0 Å². The molecule has 0 fully saturated rings. The quantitative estimate of drug-likeness (QED) is 0.494. The monoisotopic (exact) mass is 178 g/mol. The third kappa shape index (κ3) is 0.941. The lowest BCUT2D eigenvalue weighted by atomic mass is 10.0. The van der Waals surface area contributed by atoms with E-state index in [1.165, 1.54) is 27.8 Å². The molecule has 66 valence electrons. The molecule has 0 saturated carbocycles. The van der Waals surface area contributed by atoms with Crippen molar-refractivity contribution < 1.29 is 0 Å². The van der Waals surface area contributed by atoms with Gasteiger partial charge in [0.05, 0.1) is 6.42 Å². The Kier molecular flexibility index (Phi) is 1.51. The molecule has 1 aliphatic carbocycles. The van der Waals surface area contributed by atoms with E-state index in [-0.39, 0.29) is 0 Å². The van der Waals surface area contributed by atoms with Crippen molar-refractivity contribution in [3.63, 3.8) is 0 Å². The second kappa shape index (κ2) is 2.71. The minimum Gasteiger partial charge on any atom is -0.0619 e. The van der Waals surface area contributed by atoms with Crippen LogP contribution in [-0.2, 0) is 0 Å². The second-order valence-corrected chi connectivity index (χ2v) is 3.67. The largest absolute Gasteiger partial charge is 0.0619 e. The third-order valence-corrected chi connectivity index (χ3v) is 2.74.